The van der Waals surface area contributed by atoms with Crippen molar-refractivity contribution in [1.29, 1.82) is 0 Å². The molecule has 0 spiro atoms. The molecule has 12 atom stereocenters. The number of unbranched alkanes of at least 4 members (excludes halogenated alkanes) is 10. The Morgan fingerprint density at radius 2 is 0.844 bits per heavy atom. The van der Waals surface area contributed by atoms with Gasteiger partial charge in [-0.3, -0.25) is 4.79 Å². The van der Waals surface area contributed by atoms with Crippen molar-refractivity contribution in [2.45, 2.75) is 252 Å². The summed E-state index contributed by atoms with van der Waals surface area (Å²) in [5, 5.41) is 0. The van der Waals surface area contributed by atoms with Crippen LogP contribution >= 0.6 is 0 Å². The van der Waals surface area contributed by atoms with Gasteiger partial charge in [-0.1, -0.05) is 149 Å². The van der Waals surface area contributed by atoms with Gasteiger partial charge in [0, 0.05) is 44.4 Å². The summed E-state index contributed by atoms with van der Waals surface area (Å²) in [5.41, 5.74) is -12.2. The molecule has 3 aromatic carbocycles. The van der Waals surface area contributed by atoms with Gasteiger partial charge in [-0.25, -0.2) is 14.4 Å². The highest BCUT2D eigenvalue weighted by molar-refractivity contribution is 5.85. The smallest absolute Gasteiger partial charge is 0.432 e. The first kappa shape index (κ1) is 73.4. The first-order valence-corrected chi connectivity index (χ1v) is 31.5. The lowest BCUT2D eigenvalue weighted by Gasteiger charge is -2.35. The standard InChI is InChI=1S/C67H87F9O14/c1-6-7-8-9-10-11-12-25-37-52(89-60(80)63(83-4,66(71,72)73)48-30-19-14-20-31-48)54-39-41-56(87-54)57-42-40-55(88-57)53(90-61(81)64(84-5,67(74,75)76)49-32-21-15-22-33-49)38-27-26-35-50(34-23-16-24-36-51-44-46(43-45(2)77)58(78)85-51)86-59(79)62(82-3,65(68,69)70)47-28-17-13-18-29-47/h13-15,17-22,28-33,46,50-57H,6-12,16,23-27,34-44H2,1-5H3/t46?,50-,51?,52-,53-,54-,55-,56-,57-,62+,63+,64+/m1/s1. The number of esters is 4. The second kappa shape index (κ2) is 33.8. The van der Waals surface area contributed by atoms with Crippen LogP contribution in [0.1, 0.15) is 185 Å². The van der Waals surface area contributed by atoms with Gasteiger partial charge in [0.15, 0.2) is 0 Å². The largest absolute Gasteiger partial charge is 0.462 e. The van der Waals surface area contributed by atoms with Gasteiger partial charge in [0.25, 0.3) is 16.8 Å². The lowest BCUT2D eigenvalue weighted by molar-refractivity contribution is -0.281. The van der Waals surface area contributed by atoms with E-state index >= 15 is 39.5 Å². The minimum absolute atomic E-state index is 0.0490. The highest BCUT2D eigenvalue weighted by Gasteiger charge is 2.67. The summed E-state index contributed by atoms with van der Waals surface area (Å²) in [6.07, 6.45) is -13.1. The minimum atomic E-state index is -5.36. The van der Waals surface area contributed by atoms with Crippen LogP contribution in [0.5, 0.6) is 0 Å². The molecule has 0 aliphatic carbocycles. The lowest BCUT2D eigenvalue weighted by atomic mass is 9.92. The van der Waals surface area contributed by atoms with Gasteiger partial charge in [0.05, 0.1) is 30.3 Å². The molecule has 3 aliphatic heterocycles. The Balaban J connectivity index is 1.21. The minimum Gasteiger partial charge on any atom is -0.462 e. The maximum Gasteiger partial charge on any atom is 0.432 e. The number of halogens is 9. The normalized spacial score (nSPS) is 22.8. The molecule has 3 fully saturated rings. The topological polar surface area (TPSA) is 168 Å². The van der Waals surface area contributed by atoms with Crippen LogP contribution in [-0.4, -0.2) is 118 Å². The van der Waals surface area contributed by atoms with Gasteiger partial charge in [0.2, 0.25) is 0 Å². The number of cyclic esters (lactones) is 1. The number of alkyl halides is 9. The zero-order valence-corrected chi connectivity index (χ0v) is 51.9. The molecular formula is C67H87F9O14. The summed E-state index contributed by atoms with van der Waals surface area (Å²) >= 11 is 0. The van der Waals surface area contributed by atoms with Gasteiger partial charge in [0.1, 0.15) is 30.2 Å². The van der Waals surface area contributed by atoms with Crippen molar-refractivity contribution in [3.8, 4) is 0 Å². The summed E-state index contributed by atoms with van der Waals surface area (Å²) in [6, 6.07) is 18.8. The Morgan fingerprint density at radius 3 is 1.23 bits per heavy atom. The van der Waals surface area contributed by atoms with Crippen molar-refractivity contribution in [2.75, 3.05) is 21.3 Å². The van der Waals surface area contributed by atoms with Crippen LogP contribution in [0.15, 0.2) is 91.0 Å². The van der Waals surface area contributed by atoms with Gasteiger partial charge in [-0.15, -0.1) is 0 Å². The third kappa shape index (κ3) is 18.1. The van der Waals surface area contributed by atoms with Crippen LogP contribution in [0.4, 0.5) is 39.5 Å². The van der Waals surface area contributed by atoms with E-state index in [1.165, 1.54) is 61.5 Å². The fourth-order valence-corrected chi connectivity index (χ4v) is 12.7. The van der Waals surface area contributed by atoms with Crippen molar-refractivity contribution in [3.63, 3.8) is 0 Å². The molecule has 6 rings (SSSR count). The molecule has 2 unspecified atom stereocenters. The number of carbonyl (C=O) groups is 5. The van der Waals surface area contributed by atoms with E-state index in [0.29, 0.717) is 44.9 Å². The molecule has 0 amide bonds. The Labute approximate surface area is 521 Å². The number of methoxy groups -OCH3 is 3. The van der Waals surface area contributed by atoms with Gasteiger partial charge < -0.3 is 47.4 Å². The number of hydrogen-bond acceptors (Lipinski definition) is 14. The van der Waals surface area contributed by atoms with Gasteiger partial charge >= 0.3 is 42.4 Å². The van der Waals surface area contributed by atoms with Crippen LogP contribution < -0.4 is 0 Å². The molecule has 0 saturated carbocycles. The highest BCUT2D eigenvalue weighted by Crippen LogP contribution is 2.48. The quantitative estimate of drug-likeness (QED) is 0.0231. The second-order valence-electron chi connectivity index (χ2n) is 23.8. The number of hydrogen-bond donors (Lipinski definition) is 0. The summed E-state index contributed by atoms with van der Waals surface area (Å²) in [5.74, 6) is -6.35. The fraction of sp³-hybridized carbons (Fsp3) is 0.657. The summed E-state index contributed by atoms with van der Waals surface area (Å²) < 4.78 is 188. The highest BCUT2D eigenvalue weighted by atomic mass is 19.4. The van der Waals surface area contributed by atoms with Crippen LogP contribution in [0, 0.1) is 5.92 Å². The van der Waals surface area contributed by atoms with Crippen LogP contribution in [0.3, 0.4) is 0 Å². The molecule has 3 heterocycles. The number of rotatable bonds is 37. The third-order valence-electron chi connectivity index (χ3n) is 17.6. The molecule has 3 aliphatic rings. The third-order valence-corrected chi connectivity index (χ3v) is 17.6. The molecule has 502 valence electrons. The van der Waals surface area contributed by atoms with E-state index in [0.717, 1.165) is 96.3 Å². The molecule has 3 aromatic rings. The van der Waals surface area contributed by atoms with E-state index in [1.807, 2.05) is 0 Å². The zero-order chi connectivity index (χ0) is 65.8. The summed E-state index contributed by atoms with van der Waals surface area (Å²) in [7, 11) is 2.24. The number of benzene rings is 3. The van der Waals surface area contributed by atoms with Crippen molar-refractivity contribution < 1.29 is 106 Å². The second-order valence-corrected chi connectivity index (χ2v) is 23.8. The SMILES string of the molecule is CCCCCCCCCC[C@@H](OC(=O)[C@@](OC)(c1ccccc1)C(F)(F)F)[C@H]1CC[C@H]([C@H]2CC[C@H]([C@@H](CCCC[C@@H](CCCCCC3CC(CC(C)=O)C(=O)O3)OC(=O)[C@@](OC)(c3ccccc3)C(F)(F)F)OC(=O)[C@@](OC)(c3ccccc3)C(F)(F)F)O2)O1. The molecule has 0 N–H and O–H groups in total. The van der Waals surface area contributed by atoms with Crippen molar-refractivity contribution in [1.82, 2.24) is 0 Å². The van der Waals surface area contributed by atoms with E-state index < -0.39 is 131 Å². The number of Topliss-reactive ketones (excluding diaryl/α,β-unsaturated/α-hetero) is 1. The molecule has 0 bridgehead atoms. The van der Waals surface area contributed by atoms with Crippen molar-refractivity contribution in [2.24, 2.45) is 5.92 Å². The average Bonchev–Trinajstić information content (AvgIpc) is 0.982. The van der Waals surface area contributed by atoms with Crippen LogP contribution in [-0.2, 0) is 83.4 Å². The van der Waals surface area contributed by atoms with Crippen LogP contribution in [0.25, 0.3) is 0 Å². The van der Waals surface area contributed by atoms with E-state index in [4.69, 9.17) is 42.6 Å². The van der Waals surface area contributed by atoms with Gasteiger partial charge in [-0.05, 0) is 103 Å². The molecule has 0 radical (unpaired) electrons. The molecule has 3 saturated heterocycles. The Kier molecular flexibility index (Phi) is 27.6. The molecule has 14 nitrogen and oxygen atoms in total. The van der Waals surface area contributed by atoms with E-state index in [-0.39, 0.29) is 76.4 Å². The maximum absolute atomic E-state index is 15.4. The maximum atomic E-state index is 15.4. The summed E-state index contributed by atoms with van der Waals surface area (Å²) in [6.45, 7) is 3.49. The Hall–Kier alpha value is -5.62. The van der Waals surface area contributed by atoms with E-state index in [9.17, 15) is 24.0 Å². The molecule has 90 heavy (non-hydrogen) atoms. The van der Waals surface area contributed by atoms with Gasteiger partial charge in [-0.2, -0.15) is 39.5 Å². The molecular weight excluding hydrogens is 1200 g/mol. The first-order valence-electron chi connectivity index (χ1n) is 31.5. The van der Waals surface area contributed by atoms with Crippen molar-refractivity contribution >= 4 is 29.7 Å². The lowest BCUT2D eigenvalue weighted by Crippen LogP contribution is -2.53. The molecule has 23 heteroatoms. The average molecular weight is 1290 g/mol. The number of ether oxygens (including phenoxy) is 9. The predicted octanol–water partition coefficient (Wildman–Crippen LogP) is 15.1. The summed E-state index contributed by atoms with van der Waals surface area (Å²) in [4.78, 5) is 66.5. The number of ketones is 1. The monoisotopic (exact) mass is 1290 g/mol. The molecule has 0 aromatic heterocycles. The van der Waals surface area contributed by atoms with E-state index in [1.54, 1.807) is 0 Å². The van der Waals surface area contributed by atoms with Crippen LogP contribution in [0.2, 0.25) is 0 Å². The number of carbonyl (C=O) groups excluding carboxylic acids is 5. The predicted molar refractivity (Wildman–Crippen MR) is 311 cm³/mol. The first-order chi connectivity index (χ1) is 42.8. The Morgan fingerprint density at radius 1 is 0.489 bits per heavy atom. The zero-order valence-electron chi connectivity index (χ0n) is 51.9. The Bertz CT molecular complexity index is 2700. The fourth-order valence-electron chi connectivity index (χ4n) is 12.7. The van der Waals surface area contributed by atoms with E-state index in [2.05, 4.69) is 6.92 Å². The van der Waals surface area contributed by atoms with Crippen molar-refractivity contribution in [3.05, 3.63) is 108 Å².